The van der Waals surface area contributed by atoms with Crippen LogP contribution in [0.3, 0.4) is 0 Å². The van der Waals surface area contributed by atoms with Crippen LogP contribution < -0.4 is 5.32 Å². The van der Waals surface area contributed by atoms with Gasteiger partial charge in [-0.1, -0.05) is 17.4 Å². The van der Waals surface area contributed by atoms with Crippen molar-refractivity contribution >= 4 is 11.3 Å². The minimum absolute atomic E-state index is 0.144. The van der Waals surface area contributed by atoms with E-state index in [4.69, 9.17) is 0 Å². The Morgan fingerprint density at radius 3 is 2.68 bits per heavy atom. The largest absolute Gasteiger partial charge is 0.312 e. The SMILES string of the molecule is Cc1cccc(-c2nnc(CCNC(C)(C)C)s2)n1. The first-order valence-corrected chi connectivity index (χ1v) is 7.27. The third kappa shape index (κ3) is 4.36. The Labute approximate surface area is 118 Å². The number of hydrogen-bond donors (Lipinski definition) is 1. The van der Waals surface area contributed by atoms with Gasteiger partial charge in [0, 0.05) is 24.2 Å². The van der Waals surface area contributed by atoms with Crippen molar-refractivity contribution in [2.75, 3.05) is 6.54 Å². The fraction of sp³-hybridized carbons (Fsp3) is 0.500. The molecule has 5 heteroatoms. The molecular weight excluding hydrogens is 256 g/mol. The molecule has 2 aromatic rings. The van der Waals surface area contributed by atoms with Gasteiger partial charge in [-0.3, -0.25) is 4.98 Å². The Bertz CT molecular complexity index is 542. The topological polar surface area (TPSA) is 50.7 Å². The van der Waals surface area contributed by atoms with E-state index in [1.54, 1.807) is 11.3 Å². The molecular formula is C14H20N4S. The van der Waals surface area contributed by atoms with Gasteiger partial charge in [0.25, 0.3) is 0 Å². The van der Waals surface area contributed by atoms with Crippen LogP contribution in [0.5, 0.6) is 0 Å². The van der Waals surface area contributed by atoms with Crippen molar-refractivity contribution in [2.45, 2.75) is 39.7 Å². The molecule has 0 aliphatic rings. The minimum Gasteiger partial charge on any atom is -0.312 e. The van der Waals surface area contributed by atoms with Crippen LogP contribution in [0.4, 0.5) is 0 Å². The highest BCUT2D eigenvalue weighted by molar-refractivity contribution is 7.14. The van der Waals surface area contributed by atoms with Crippen LogP contribution in [0.15, 0.2) is 18.2 Å². The molecule has 102 valence electrons. The van der Waals surface area contributed by atoms with Crippen molar-refractivity contribution in [1.82, 2.24) is 20.5 Å². The predicted molar refractivity (Wildman–Crippen MR) is 79.3 cm³/mol. The van der Waals surface area contributed by atoms with E-state index in [1.807, 2.05) is 25.1 Å². The quantitative estimate of drug-likeness (QED) is 0.933. The van der Waals surface area contributed by atoms with E-state index >= 15 is 0 Å². The lowest BCUT2D eigenvalue weighted by Crippen LogP contribution is -2.37. The van der Waals surface area contributed by atoms with Gasteiger partial charge in [-0.25, -0.2) is 0 Å². The van der Waals surface area contributed by atoms with Crippen molar-refractivity contribution in [3.8, 4) is 10.7 Å². The molecule has 1 N–H and O–H groups in total. The molecule has 4 nitrogen and oxygen atoms in total. The molecule has 0 amide bonds. The fourth-order valence-corrected chi connectivity index (χ4v) is 2.47. The van der Waals surface area contributed by atoms with Gasteiger partial charge in [0.2, 0.25) is 0 Å². The monoisotopic (exact) mass is 276 g/mol. The second-order valence-electron chi connectivity index (χ2n) is 5.59. The van der Waals surface area contributed by atoms with Gasteiger partial charge in [0.05, 0.1) is 0 Å². The van der Waals surface area contributed by atoms with Crippen molar-refractivity contribution in [1.29, 1.82) is 0 Å². The maximum Gasteiger partial charge on any atom is 0.166 e. The number of aryl methyl sites for hydroxylation is 1. The second kappa shape index (κ2) is 5.75. The predicted octanol–water partition coefficient (Wildman–Crippen LogP) is 2.84. The summed E-state index contributed by atoms with van der Waals surface area (Å²) in [5.74, 6) is 0. The Morgan fingerprint density at radius 1 is 1.21 bits per heavy atom. The molecule has 2 rings (SSSR count). The van der Waals surface area contributed by atoms with Crippen molar-refractivity contribution in [2.24, 2.45) is 0 Å². The van der Waals surface area contributed by atoms with Crippen LogP contribution in [-0.2, 0) is 6.42 Å². The molecule has 0 spiro atoms. The fourth-order valence-electron chi connectivity index (χ4n) is 1.66. The molecule has 19 heavy (non-hydrogen) atoms. The molecule has 2 heterocycles. The number of hydrogen-bond acceptors (Lipinski definition) is 5. The summed E-state index contributed by atoms with van der Waals surface area (Å²) in [7, 11) is 0. The van der Waals surface area contributed by atoms with Crippen LogP contribution in [0.25, 0.3) is 10.7 Å². The van der Waals surface area contributed by atoms with Gasteiger partial charge in [-0.05, 0) is 39.8 Å². The maximum atomic E-state index is 4.47. The van der Waals surface area contributed by atoms with Crippen LogP contribution in [0, 0.1) is 6.92 Å². The summed E-state index contributed by atoms with van der Waals surface area (Å²) >= 11 is 1.62. The number of rotatable bonds is 4. The third-order valence-corrected chi connectivity index (χ3v) is 3.57. The summed E-state index contributed by atoms with van der Waals surface area (Å²) in [6, 6.07) is 5.96. The van der Waals surface area contributed by atoms with Gasteiger partial charge in [0.1, 0.15) is 10.7 Å². The van der Waals surface area contributed by atoms with Crippen LogP contribution >= 0.6 is 11.3 Å². The van der Waals surface area contributed by atoms with E-state index < -0.39 is 0 Å². The summed E-state index contributed by atoms with van der Waals surface area (Å²) in [6.45, 7) is 9.39. The highest BCUT2D eigenvalue weighted by Crippen LogP contribution is 2.21. The smallest absolute Gasteiger partial charge is 0.166 e. The van der Waals surface area contributed by atoms with E-state index in [0.717, 1.165) is 34.4 Å². The molecule has 2 aromatic heterocycles. The molecule has 0 fully saturated rings. The van der Waals surface area contributed by atoms with Crippen LogP contribution in [0.1, 0.15) is 31.5 Å². The summed E-state index contributed by atoms with van der Waals surface area (Å²) in [6.07, 6.45) is 0.904. The Balaban J connectivity index is 1.99. The average Bonchev–Trinajstić information content (AvgIpc) is 2.76. The van der Waals surface area contributed by atoms with Gasteiger partial charge < -0.3 is 5.32 Å². The summed E-state index contributed by atoms with van der Waals surface area (Å²) in [4.78, 5) is 4.47. The zero-order chi connectivity index (χ0) is 13.9. The average molecular weight is 276 g/mol. The lowest BCUT2D eigenvalue weighted by molar-refractivity contribution is 0.429. The maximum absolute atomic E-state index is 4.47. The first kappa shape index (κ1) is 14.1. The number of nitrogens with one attached hydrogen (secondary N) is 1. The highest BCUT2D eigenvalue weighted by Gasteiger charge is 2.11. The van der Waals surface area contributed by atoms with E-state index in [-0.39, 0.29) is 5.54 Å². The first-order valence-electron chi connectivity index (χ1n) is 6.45. The Kier molecular flexibility index (Phi) is 4.27. The number of aromatic nitrogens is 3. The normalized spacial score (nSPS) is 11.8. The second-order valence-corrected chi connectivity index (χ2v) is 6.65. The zero-order valence-corrected chi connectivity index (χ0v) is 12.7. The van der Waals surface area contributed by atoms with Crippen molar-refractivity contribution in [3.63, 3.8) is 0 Å². The molecule has 0 aliphatic heterocycles. The summed E-state index contributed by atoms with van der Waals surface area (Å²) in [5.41, 5.74) is 2.06. The molecule has 0 bridgehead atoms. The van der Waals surface area contributed by atoms with Crippen molar-refractivity contribution in [3.05, 3.63) is 28.9 Å². The van der Waals surface area contributed by atoms with Crippen molar-refractivity contribution < 1.29 is 0 Å². The highest BCUT2D eigenvalue weighted by atomic mass is 32.1. The molecule has 0 saturated heterocycles. The molecule has 0 saturated carbocycles. The van der Waals surface area contributed by atoms with Crippen LogP contribution in [0.2, 0.25) is 0 Å². The standard InChI is InChI=1S/C14H20N4S/c1-10-6-5-7-11(16-10)13-18-17-12(19-13)8-9-15-14(2,3)4/h5-7,15H,8-9H2,1-4H3. The van der Waals surface area contributed by atoms with E-state index in [2.05, 4.69) is 41.3 Å². The summed E-state index contributed by atoms with van der Waals surface area (Å²) in [5, 5.41) is 13.9. The number of nitrogens with zero attached hydrogens (tertiary/aromatic N) is 3. The van der Waals surface area contributed by atoms with E-state index in [0.29, 0.717) is 0 Å². The molecule has 0 unspecified atom stereocenters. The van der Waals surface area contributed by atoms with E-state index in [9.17, 15) is 0 Å². The molecule has 0 aliphatic carbocycles. The molecule has 0 radical (unpaired) electrons. The van der Waals surface area contributed by atoms with Gasteiger partial charge in [0.15, 0.2) is 5.01 Å². The van der Waals surface area contributed by atoms with E-state index in [1.165, 1.54) is 0 Å². The Morgan fingerprint density at radius 2 is 2.00 bits per heavy atom. The lowest BCUT2D eigenvalue weighted by atomic mass is 10.1. The lowest BCUT2D eigenvalue weighted by Gasteiger charge is -2.19. The van der Waals surface area contributed by atoms with Gasteiger partial charge in [-0.2, -0.15) is 0 Å². The molecule has 0 atom stereocenters. The summed E-state index contributed by atoms with van der Waals surface area (Å²) < 4.78 is 0. The number of pyridine rings is 1. The first-order chi connectivity index (χ1) is 8.94. The zero-order valence-electron chi connectivity index (χ0n) is 11.9. The minimum atomic E-state index is 0.144. The Hall–Kier alpha value is -1.33. The van der Waals surface area contributed by atoms with Gasteiger partial charge >= 0.3 is 0 Å². The molecule has 0 aromatic carbocycles. The van der Waals surface area contributed by atoms with Crippen LogP contribution in [-0.4, -0.2) is 27.3 Å². The third-order valence-electron chi connectivity index (χ3n) is 2.57. The van der Waals surface area contributed by atoms with Gasteiger partial charge in [-0.15, -0.1) is 10.2 Å².